The average molecular weight is 378 g/mol. The Morgan fingerprint density at radius 3 is 2.32 bits per heavy atom. The molecule has 0 unspecified atom stereocenters. The molecule has 8 heteroatoms. The summed E-state index contributed by atoms with van der Waals surface area (Å²) in [5.74, 6) is 0.507. The van der Waals surface area contributed by atoms with E-state index < -0.39 is 0 Å². The summed E-state index contributed by atoms with van der Waals surface area (Å²) in [6, 6.07) is 6.70. The van der Waals surface area contributed by atoms with E-state index in [4.69, 9.17) is 55.6 Å². The fourth-order valence-electron chi connectivity index (χ4n) is 1.89. The first-order valence-electron chi connectivity index (χ1n) is 6.03. The maximum atomic E-state index is 6.02. The molecule has 0 amide bonds. The molecular formula is C14H8Cl4N2O2. The van der Waals surface area contributed by atoms with Gasteiger partial charge in [-0.05, 0) is 12.1 Å². The van der Waals surface area contributed by atoms with E-state index in [1.165, 1.54) is 7.11 Å². The van der Waals surface area contributed by atoms with Crippen LogP contribution in [0.15, 0.2) is 28.7 Å². The molecule has 1 aromatic heterocycles. The highest BCUT2D eigenvalue weighted by molar-refractivity contribution is 6.43. The van der Waals surface area contributed by atoms with E-state index in [9.17, 15) is 0 Å². The summed E-state index contributed by atoms with van der Waals surface area (Å²) in [7, 11) is 1.52. The molecule has 0 fully saturated rings. The van der Waals surface area contributed by atoms with E-state index >= 15 is 0 Å². The number of hydrogen-bond acceptors (Lipinski definition) is 4. The molecule has 3 aromatic rings. The maximum Gasteiger partial charge on any atom is 0.300 e. The summed E-state index contributed by atoms with van der Waals surface area (Å²) >= 11 is 23.9. The minimum atomic E-state index is 0.255. The van der Waals surface area contributed by atoms with Gasteiger partial charge in [-0.15, -0.1) is 0 Å². The van der Waals surface area contributed by atoms with E-state index in [1.54, 1.807) is 24.3 Å². The molecule has 0 aliphatic heterocycles. The van der Waals surface area contributed by atoms with Crippen molar-refractivity contribution in [3.63, 3.8) is 0 Å². The standard InChI is InChI=1S/C14H8Cl4N2O2/c1-21-12-4-8(17)6(15)2-10(12)19-14-20-11-3-7(16)9(18)5-13(11)22-14/h2-5H,1H3,(H,19,20). The van der Waals surface area contributed by atoms with Crippen LogP contribution in [0.1, 0.15) is 0 Å². The zero-order valence-corrected chi connectivity index (χ0v) is 14.1. The summed E-state index contributed by atoms with van der Waals surface area (Å²) in [4.78, 5) is 4.28. The summed E-state index contributed by atoms with van der Waals surface area (Å²) in [5, 5.41) is 4.55. The molecule has 0 atom stereocenters. The number of nitrogens with zero attached hydrogens (tertiary/aromatic N) is 1. The number of benzene rings is 2. The van der Waals surface area contributed by atoms with Gasteiger partial charge in [-0.2, -0.15) is 4.98 Å². The zero-order chi connectivity index (χ0) is 15.9. The lowest BCUT2D eigenvalue weighted by Gasteiger charge is -2.09. The predicted molar refractivity (Wildman–Crippen MR) is 90.3 cm³/mol. The summed E-state index contributed by atoms with van der Waals surface area (Å²) < 4.78 is 10.8. The van der Waals surface area contributed by atoms with Crippen LogP contribution in [0.2, 0.25) is 20.1 Å². The summed E-state index contributed by atoms with van der Waals surface area (Å²) in [6.45, 7) is 0. The minimum absolute atomic E-state index is 0.255. The number of hydrogen-bond donors (Lipinski definition) is 1. The molecule has 1 heterocycles. The molecule has 0 saturated carbocycles. The van der Waals surface area contributed by atoms with Crippen molar-refractivity contribution >= 4 is 69.2 Å². The van der Waals surface area contributed by atoms with E-state index in [2.05, 4.69) is 10.3 Å². The Labute approximate surface area is 145 Å². The lowest BCUT2D eigenvalue weighted by atomic mass is 10.3. The minimum Gasteiger partial charge on any atom is -0.495 e. The number of aromatic nitrogens is 1. The van der Waals surface area contributed by atoms with Gasteiger partial charge in [-0.25, -0.2) is 0 Å². The molecule has 2 aromatic carbocycles. The Kier molecular flexibility index (Phi) is 4.28. The SMILES string of the molecule is COc1cc(Cl)c(Cl)cc1Nc1nc2cc(Cl)c(Cl)cc2o1. The van der Waals surface area contributed by atoms with Crippen molar-refractivity contribution in [3.05, 3.63) is 44.4 Å². The van der Waals surface area contributed by atoms with Gasteiger partial charge in [0.15, 0.2) is 5.58 Å². The molecule has 0 spiro atoms. The van der Waals surface area contributed by atoms with E-state index in [1.807, 2.05) is 0 Å². The molecule has 114 valence electrons. The number of ether oxygens (including phenoxy) is 1. The van der Waals surface area contributed by atoms with Gasteiger partial charge in [0.25, 0.3) is 6.01 Å². The molecule has 22 heavy (non-hydrogen) atoms. The highest BCUT2D eigenvalue weighted by atomic mass is 35.5. The topological polar surface area (TPSA) is 47.3 Å². The first-order chi connectivity index (χ1) is 10.5. The Morgan fingerprint density at radius 2 is 1.59 bits per heavy atom. The normalized spacial score (nSPS) is 11.0. The van der Waals surface area contributed by atoms with Crippen LogP contribution in [0.3, 0.4) is 0 Å². The molecule has 0 bridgehead atoms. The summed E-state index contributed by atoms with van der Waals surface area (Å²) in [5.41, 5.74) is 1.66. The third kappa shape index (κ3) is 2.92. The van der Waals surface area contributed by atoms with Crippen LogP contribution in [0, 0.1) is 0 Å². The van der Waals surface area contributed by atoms with Crippen molar-refractivity contribution in [3.8, 4) is 5.75 Å². The lowest BCUT2D eigenvalue weighted by molar-refractivity contribution is 0.416. The molecule has 0 aliphatic carbocycles. The molecule has 0 saturated heterocycles. The van der Waals surface area contributed by atoms with E-state index in [0.29, 0.717) is 42.6 Å². The molecule has 1 N–H and O–H groups in total. The van der Waals surface area contributed by atoms with Gasteiger partial charge in [0.1, 0.15) is 11.3 Å². The van der Waals surface area contributed by atoms with Crippen LogP contribution in [0.5, 0.6) is 5.75 Å². The van der Waals surface area contributed by atoms with Crippen LogP contribution in [-0.2, 0) is 0 Å². The highest BCUT2D eigenvalue weighted by Gasteiger charge is 2.13. The first kappa shape index (κ1) is 15.6. The number of nitrogens with one attached hydrogen (secondary N) is 1. The largest absolute Gasteiger partial charge is 0.495 e. The van der Waals surface area contributed by atoms with Crippen molar-refractivity contribution in [2.24, 2.45) is 0 Å². The van der Waals surface area contributed by atoms with E-state index in [-0.39, 0.29) is 6.01 Å². The third-order valence-corrected chi connectivity index (χ3v) is 4.36. The Hall–Kier alpha value is -1.33. The average Bonchev–Trinajstić information content (AvgIpc) is 2.84. The molecule has 0 aliphatic rings. The number of rotatable bonds is 3. The fraction of sp³-hybridized carbons (Fsp3) is 0.0714. The van der Waals surface area contributed by atoms with Crippen LogP contribution in [0.4, 0.5) is 11.7 Å². The van der Waals surface area contributed by atoms with Crippen molar-refractivity contribution in [2.45, 2.75) is 0 Å². The zero-order valence-electron chi connectivity index (χ0n) is 11.1. The predicted octanol–water partition coefficient (Wildman–Crippen LogP) is 6.19. The van der Waals surface area contributed by atoms with Gasteiger partial charge in [0, 0.05) is 12.1 Å². The third-order valence-electron chi connectivity index (χ3n) is 2.91. The number of halogens is 4. The fourth-order valence-corrected chi connectivity index (χ4v) is 2.52. The highest BCUT2D eigenvalue weighted by Crippen LogP contribution is 2.36. The number of oxazole rings is 1. The van der Waals surface area contributed by atoms with Crippen LogP contribution >= 0.6 is 46.4 Å². The molecule has 3 rings (SSSR count). The monoisotopic (exact) mass is 376 g/mol. The molecular weight excluding hydrogens is 370 g/mol. The first-order valence-corrected chi connectivity index (χ1v) is 7.55. The van der Waals surface area contributed by atoms with Gasteiger partial charge < -0.3 is 14.5 Å². The quantitative estimate of drug-likeness (QED) is 0.590. The van der Waals surface area contributed by atoms with Gasteiger partial charge in [-0.1, -0.05) is 46.4 Å². The molecule has 4 nitrogen and oxygen atoms in total. The van der Waals surface area contributed by atoms with Gasteiger partial charge in [0.05, 0.1) is 32.9 Å². The van der Waals surface area contributed by atoms with Crippen LogP contribution < -0.4 is 10.1 Å². The number of methoxy groups -OCH3 is 1. The molecule has 0 radical (unpaired) electrons. The van der Waals surface area contributed by atoms with Gasteiger partial charge in [0.2, 0.25) is 0 Å². The second-order valence-electron chi connectivity index (χ2n) is 4.34. The Bertz CT molecular complexity index is 825. The maximum absolute atomic E-state index is 6.02. The smallest absolute Gasteiger partial charge is 0.300 e. The van der Waals surface area contributed by atoms with Crippen LogP contribution in [-0.4, -0.2) is 12.1 Å². The summed E-state index contributed by atoms with van der Waals surface area (Å²) in [6.07, 6.45) is 0. The van der Waals surface area contributed by atoms with Crippen molar-refractivity contribution < 1.29 is 9.15 Å². The van der Waals surface area contributed by atoms with Gasteiger partial charge in [-0.3, -0.25) is 0 Å². The van der Waals surface area contributed by atoms with Crippen molar-refractivity contribution in [2.75, 3.05) is 12.4 Å². The number of fused-ring (bicyclic) bond motifs is 1. The number of anilines is 2. The second kappa shape index (κ2) is 6.05. The lowest BCUT2D eigenvalue weighted by Crippen LogP contribution is -1.95. The van der Waals surface area contributed by atoms with Crippen LogP contribution in [0.25, 0.3) is 11.1 Å². The van der Waals surface area contributed by atoms with Gasteiger partial charge >= 0.3 is 0 Å². The van der Waals surface area contributed by atoms with E-state index in [0.717, 1.165) is 0 Å². The second-order valence-corrected chi connectivity index (χ2v) is 5.97. The van der Waals surface area contributed by atoms with Crippen molar-refractivity contribution in [1.82, 2.24) is 4.98 Å². The Morgan fingerprint density at radius 1 is 0.955 bits per heavy atom. The Balaban J connectivity index is 2.01. The van der Waals surface area contributed by atoms with Crippen molar-refractivity contribution in [1.29, 1.82) is 0 Å².